The van der Waals surface area contributed by atoms with Crippen LogP contribution in [0.1, 0.15) is 36.6 Å². The van der Waals surface area contributed by atoms with Crippen molar-refractivity contribution in [1.82, 2.24) is 4.98 Å². The van der Waals surface area contributed by atoms with Crippen LogP contribution >= 0.6 is 11.3 Å². The molecule has 0 saturated carbocycles. The van der Waals surface area contributed by atoms with E-state index in [1.54, 1.807) is 9.80 Å². The first kappa shape index (κ1) is 17.6. The molecule has 5 nitrogen and oxygen atoms in total. The van der Waals surface area contributed by atoms with E-state index in [9.17, 15) is 9.59 Å². The van der Waals surface area contributed by atoms with Crippen LogP contribution in [0.2, 0.25) is 0 Å². The van der Waals surface area contributed by atoms with Crippen LogP contribution in [0.25, 0.3) is 0 Å². The molecule has 1 fully saturated rings. The van der Waals surface area contributed by atoms with E-state index in [0.29, 0.717) is 18.1 Å². The fraction of sp³-hybridized carbons (Fsp3) is 0.421. The molecule has 0 spiro atoms. The smallest absolute Gasteiger partial charge is 0.233 e. The highest BCUT2D eigenvalue weighted by molar-refractivity contribution is 7.14. The number of aromatic nitrogens is 1. The number of thiazole rings is 1. The number of carbonyl (C=O) groups is 2. The summed E-state index contributed by atoms with van der Waals surface area (Å²) in [5.74, 6) is 0.148. The van der Waals surface area contributed by atoms with Crippen LogP contribution in [-0.2, 0) is 16.0 Å². The van der Waals surface area contributed by atoms with Gasteiger partial charge in [0.05, 0.1) is 12.1 Å². The van der Waals surface area contributed by atoms with E-state index in [1.165, 1.54) is 11.3 Å². The first-order valence-corrected chi connectivity index (χ1v) is 9.49. The molecule has 1 aliphatic heterocycles. The van der Waals surface area contributed by atoms with Crippen molar-refractivity contribution < 1.29 is 9.59 Å². The number of nitrogens with zero attached hydrogens (tertiary/aromatic N) is 3. The molecule has 0 radical (unpaired) electrons. The molecule has 1 aromatic carbocycles. The highest BCUT2D eigenvalue weighted by atomic mass is 32.1. The summed E-state index contributed by atoms with van der Waals surface area (Å²) in [5.41, 5.74) is 3.94. The van der Waals surface area contributed by atoms with E-state index in [0.717, 1.165) is 35.5 Å². The Morgan fingerprint density at radius 1 is 1.28 bits per heavy atom. The van der Waals surface area contributed by atoms with Gasteiger partial charge in [0.25, 0.3) is 0 Å². The van der Waals surface area contributed by atoms with E-state index < -0.39 is 0 Å². The lowest BCUT2D eigenvalue weighted by atomic mass is 10.1. The van der Waals surface area contributed by atoms with Crippen molar-refractivity contribution in [3.8, 4) is 0 Å². The van der Waals surface area contributed by atoms with Crippen molar-refractivity contribution >= 4 is 34.0 Å². The van der Waals surface area contributed by atoms with Crippen LogP contribution in [0.5, 0.6) is 0 Å². The molecule has 0 N–H and O–H groups in total. The maximum absolute atomic E-state index is 12.8. The van der Waals surface area contributed by atoms with Crippen molar-refractivity contribution in [3.05, 3.63) is 40.4 Å². The molecule has 1 aliphatic rings. The first-order valence-electron chi connectivity index (χ1n) is 8.61. The molecule has 2 heterocycles. The highest BCUT2D eigenvalue weighted by Gasteiger charge is 2.25. The lowest BCUT2D eigenvalue weighted by Crippen LogP contribution is -2.32. The van der Waals surface area contributed by atoms with Crippen LogP contribution in [0.4, 0.5) is 10.8 Å². The van der Waals surface area contributed by atoms with Gasteiger partial charge in [-0.3, -0.25) is 14.5 Å². The quantitative estimate of drug-likeness (QED) is 0.823. The molecule has 132 valence electrons. The minimum Gasteiger partial charge on any atom is -0.312 e. The Hall–Kier alpha value is -2.21. The van der Waals surface area contributed by atoms with Crippen LogP contribution in [0.3, 0.4) is 0 Å². The van der Waals surface area contributed by atoms with Crippen molar-refractivity contribution in [2.45, 2.75) is 40.0 Å². The summed E-state index contributed by atoms with van der Waals surface area (Å²) >= 11 is 1.44. The molecular formula is C19H23N3O2S. The Bertz CT molecular complexity index is 779. The number of hydrogen-bond acceptors (Lipinski definition) is 4. The average Bonchev–Trinajstić information content (AvgIpc) is 3.15. The molecule has 0 aliphatic carbocycles. The van der Waals surface area contributed by atoms with Crippen LogP contribution in [0, 0.1) is 13.8 Å². The summed E-state index contributed by atoms with van der Waals surface area (Å²) < 4.78 is 0. The van der Waals surface area contributed by atoms with Crippen molar-refractivity contribution in [2.24, 2.45) is 0 Å². The van der Waals surface area contributed by atoms with Gasteiger partial charge < -0.3 is 4.90 Å². The predicted molar refractivity (Wildman–Crippen MR) is 101 cm³/mol. The van der Waals surface area contributed by atoms with Gasteiger partial charge in [-0.25, -0.2) is 4.98 Å². The topological polar surface area (TPSA) is 53.5 Å². The number of benzene rings is 1. The third-order valence-electron chi connectivity index (χ3n) is 4.31. The molecule has 2 amide bonds. The van der Waals surface area contributed by atoms with E-state index in [4.69, 9.17) is 0 Å². The number of likely N-dealkylation sites (N-methyl/N-ethyl adjacent to an activating group) is 1. The summed E-state index contributed by atoms with van der Waals surface area (Å²) in [6.45, 7) is 7.39. The maximum Gasteiger partial charge on any atom is 0.233 e. The minimum absolute atomic E-state index is 0.0251. The minimum atomic E-state index is 0.0251. The summed E-state index contributed by atoms with van der Waals surface area (Å²) in [7, 11) is 0. The van der Waals surface area contributed by atoms with E-state index >= 15 is 0 Å². The average molecular weight is 357 g/mol. The monoisotopic (exact) mass is 357 g/mol. The molecule has 1 saturated heterocycles. The molecule has 0 atom stereocenters. The van der Waals surface area contributed by atoms with Gasteiger partial charge in [-0.15, -0.1) is 11.3 Å². The maximum atomic E-state index is 12.8. The molecule has 6 heteroatoms. The Morgan fingerprint density at radius 2 is 2.00 bits per heavy atom. The second-order valence-corrected chi connectivity index (χ2v) is 7.27. The van der Waals surface area contributed by atoms with Gasteiger partial charge in [0.1, 0.15) is 0 Å². The number of carbonyl (C=O) groups excluding carboxylic acids is 2. The second kappa shape index (κ2) is 7.35. The number of anilines is 2. The van der Waals surface area contributed by atoms with Gasteiger partial charge in [0.2, 0.25) is 11.8 Å². The zero-order chi connectivity index (χ0) is 18.0. The first-order chi connectivity index (χ1) is 12.0. The Balaban J connectivity index is 1.74. The fourth-order valence-corrected chi connectivity index (χ4v) is 4.08. The second-order valence-electron chi connectivity index (χ2n) is 6.43. The molecule has 2 aromatic rings. The third-order valence-corrected chi connectivity index (χ3v) is 5.22. The van der Waals surface area contributed by atoms with Gasteiger partial charge in [0, 0.05) is 30.6 Å². The fourth-order valence-electron chi connectivity index (χ4n) is 3.21. The lowest BCUT2D eigenvalue weighted by Gasteiger charge is -2.22. The van der Waals surface area contributed by atoms with E-state index in [1.807, 2.05) is 38.3 Å². The van der Waals surface area contributed by atoms with Gasteiger partial charge in [-0.1, -0.05) is 6.07 Å². The molecule has 3 rings (SSSR count). The van der Waals surface area contributed by atoms with Crippen molar-refractivity contribution in [1.29, 1.82) is 0 Å². The summed E-state index contributed by atoms with van der Waals surface area (Å²) in [4.78, 5) is 32.6. The normalized spacial score (nSPS) is 14.2. The number of hydrogen-bond donors (Lipinski definition) is 0. The number of aryl methyl sites for hydroxylation is 2. The molecule has 0 unspecified atom stereocenters. The number of rotatable bonds is 5. The van der Waals surface area contributed by atoms with Crippen LogP contribution < -0.4 is 9.80 Å². The Morgan fingerprint density at radius 3 is 2.60 bits per heavy atom. The van der Waals surface area contributed by atoms with Gasteiger partial charge >= 0.3 is 0 Å². The van der Waals surface area contributed by atoms with E-state index in [2.05, 4.69) is 11.1 Å². The molecule has 1 aromatic heterocycles. The SMILES string of the molecule is CCN(C(=O)Cc1csc(N2CCCC2=O)n1)c1cc(C)cc(C)c1. The van der Waals surface area contributed by atoms with E-state index in [-0.39, 0.29) is 18.2 Å². The standard InChI is InChI=1S/C19H23N3O2S/c1-4-21(16-9-13(2)8-14(3)10-16)18(24)11-15-12-25-19(20-15)22-7-5-6-17(22)23/h8-10,12H,4-7,11H2,1-3H3. The highest BCUT2D eigenvalue weighted by Crippen LogP contribution is 2.26. The zero-order valence-corrected chi connectivity index (χ0v) is 15.7. The van der Waals surface area contributed by atoms with Gasteiger partial charge in [-0.2, -0.15) is 0 Å². The lowest BCUT2D eigenvalue weighted by molar-refractivity contribution is -0.118. The van der Waals surface area contributed by atoms with Crippen molar-refractivity contribution in [3.63, 3.8) is 0 Å². The third kappa shape index (κ3) is 3.90. The largest absolute Gasteiger partial charge is 0.312 e. The zero-order valence-electron chi connectivity index (χ0n) is 14.9. The molecular weight excluding hydrogens is 334 g/mol. The summed E-state index contributed by atoms with van der Waals surface area (Å²) in [5, 5.41) is 2.59. The van der Waals surface area contributed by atoms with Crippen molar-refractivity contribution in [2.75, 3.05) is 22.9 Å². The molecule has 0 bridgehead atoms. The Labute approximate surface area is 152 Å². The Kier molecular flexibility index (Phi) is 5.18. The van der Waals surface area contributed by atoms with Crippen LogP contribution in [-0.4, -0.2) is 29.9 Å². The van der Waals surface area contributed by atoms with Gasteiger partial charge in [0.15, 0.2) is 5.13 Å². The predicted octanol–water partition coefficient (Wildman–Crippen LogP) is 3.48. The van der Waals surface area contributed by atoms with Crippen LogP contribution in [0.15, 0.2) is 23.6 Å². The number of amides is 2. The van der Waals surface area contributed by atoms with Gasteiger partial charge in [-0.05, 0) is 50.5 Å². The summed E-state index contributed by atoms with van der Waals surface area (Å²) in [6.07, 6.45) is 1.71. The molecule has 25 heavy (non-hydrogen) atoms. The summed E-state index contributed by atoms with van der Waals surface area (Å²) in [6, 6.07) is 6.16.